The molecule has 2 nitrogen and oxygen atoms in total. The topological polar surface area (TPSA) is 27.0 Å². The van der Waals surface area contributed by atoms with Crippen molar-refractivity contribution in [2.75, 3.05) is 0 Å². The fourth-order valence-electron chi connectivity index (χ4n) is 0.748. The molecule has 1 N–H and O–H groups in total. The zero-order valence-corrected chi connectivity index (χ0v) is 8.02. The van der Waals surface area contributed by atoms with Crippen molar-refractivity contribution >= 4 is 21.6 Å². The van der Waals surface area contributed by atoms with Gasteiger partial charge in [-0.25, -0.2) is 9.97 Å². The van der Waals surface area contributed by atoms with Crippen LogP contribution in [0.25, 0.3) is 10.2 Å². The Morgan fingerprint density at radius 3 is 3.20 bits per heavy atom. The number of rotatable bonds is 0. The first-order valence-electron chi connectivity index (χ1n) is 2.66. The molecule has 10 heavy (non-hydrogen) atoms. The number of thiazole rings is 1. The number of hydrogen-bond acceptors (Lipinski definition) is 2. The molecule has 0 atom stereocenters. The van der Waals surface area contributed by atoms with Gasteiger partial charge in [-0.2, -0.15) is 0 Å². The Hall–Kier alpha value is -0.230. The zero-order chi connectivity index (χ0) is 6.10. The third-order valence-corrected chi connectivity index (χ3v) is 1.98. The van der Waals surface area contributed by atoms with Crippen LogP contribution in [0.5, 0.6) is 0 Å². The van der Waals surface area contributed by atoms with E-state index in [-0.39, 0.29) is 24.0 Å². The van der Waals surface area contributed by atoms with Crippen molar-refractivity contribution in [3.8, 4) is 0 Å². The summed E-state index contributed by atoms with van der Waals surface area (Å²) in [5.41, 5.74) is 2.89. The number of fused-ring (bicyclic) bond motifs is 1. The SMILES string of the molecule is [I-].c1cc2scnc2c[nH+]1. The summed E-state index contributed by atoms with van der Waals surface area (Å²) in [4.78, 5) is 7.07. The van der Waals surface area contributed by atoms with Crippen LogP contribution in [0.2, 0.25) is 0 Å². The lowest BCUT2D eigenvalue weighted by Gasteiger charge is -1.74. The zero-order valence-electron chi connectivity index (χ0n) is 5.04. The van der Waals surface area contributed by atoms with E-state index in [9.17, 15) is 0 Å². The number of halogens is 1. The maximum absolute atomic E-state index is 4.11. The van der Waals surface area contributed by atoms with Crippen LogP contribution in [0.3, 0.4) is 0 Å². The van der Waals surface area contributed by atoms with Crippen LogP contribution in [0.4, 0.5) is 0 Å². The van der Waals surface area contributed by atoms with Crippen molar-refractivity contribution in [1.29, 1.82) is 0 Å². The summed E-state index contributed by atoms with van der Waals surface area (Å²) < 4.78 is 1.23. The van der Waals surface area contributed by atoms with E-state index in [0.29, 0.717) is 0 Å². The highest BCUT2D eigenvalue weighted by atomic mass is 127. The van der Waals surface area contributed by atoms with Crippen molar-refractivity contribution < 1.29 is 29.0 Å². The van der Waals surface area contributed by atoms with E-state index in [1.54, 1.807) is 11.3 Å². The Kier molecular flexibility index (Phi) is 2.56. The smallest absolute Gasteiger partial charge is 0.194 e. The third-order valence-electron chi connectivity index (χ3n) is 1.17. The Morgan fingerprint density at radius 1 is 1.50 bits per heavy atom. The van der Waals surface area contributed by atoms with E-state index < -0.39 is 0 Å². The van der Waals surface area contributed by atoms with Crippen molar-refractivity contribution in [2.45, 2.75) is 0 Å². The summed E-state index contributed by atoms with van der Waals surface area (Å²) in [5.74, 6) is 0. The van der Waals surface area contributed by atoms with Gasteiger partial charge in [-0.15, -0.1) is 11.3 Å². The minimum atomic E-state index is 0. The summed E-state index contributed by atoms with van der Waals surface area (Å²) in [7, 11) is 0. The summed E-state index contributed by atoms with van der Waals surface area (Å²) in [6.07, 6.45) is 3.80. The van der Waals surface area contributed by atoms with E-state index in [1.807, 2.05) is 24.0 Å². The predicted octanol–water partition coefficient (Wildman–Crippen LogP) is -1.89. The number of H-pyrrole nitrogens is 1. The molecular weight excluding hydrogens is 259 g/mol. The van der Waals surface area contributed by atoms with Crippen LogP contribution in [-0.4, -0.2) is 4.98 Å². The molecule has 0 spiro atoms. The number of pyridine rings is 1. The molecule has 0 unspecified atom stereocenters. The van der Waals surface area contributed by atoms with Gasteiger partial charge >= 0.3 is 0 Å². The first-order chi connectivity index (χ1) is 4.47. The highest BCUT2D eigenvalue weighted by Gasteiger charge is 1.94. The van der Waals surface area contributed by atoms with Crippen molar-refractivity contribution in [1.82, 2.24) is 4.98 Å². The molecule has 2 aromatic heterocycles. The standard InChI is InChI=1S/C6H4N2S.HI/c1-2-7-3-5-6(1)9-4-8-5;/h1-4H;1H. The molecule has 4 heteroatoms. The maximum atomic E-state index is 4.11. The molecule has 0 aliphatic carbocycles. The van der Waals surface area contributed by atoms with Crippen molar-refractivity contribution in [3.05, 3.63) is 24.0 Å². The van der Waals surface area contributed by atoms with Crippen LogP contribution in [0.1, 0.15) is 0 Å². The van der Waals surface area contributed by atoms with E-state index in [4.69, 9.17) is 0 Å². The van der Waals surface area contributed by atoms with Crippen molar-refractivity contribution in [2.24, 2.45) is 0 Å². The van der Waals surface area contributed by atoms with Gasteiger partial charge in [0, 0.05) is 6.07 Å². The van der Waals surface area contributed by atoms with Gasteiger partial charge in [0.05, 0.1) is 10.2 Å². The van der Waals surface area contributed by atoms with Crippen molar-refractivity contribution in [3.63, 3.8) is 0 Å². The predicted molar refractivity (Wildman–Crippen MR) is 36.2 cm³/mol. The Balaban J connectivity index is 0.000000500. The molecule has 52 valence electrons. The first kappa shape index (κ1) is 7.87. The van der Waals surface area contributed by atoms with E-state index in [2.05, 4.69) is 9.97 Å². The number of nitrogens with zero attached hydrogens (tertiary/aromatic N) is 1. The van der Waals surface area contributed by atoms with Gasteiger partial charge in [-0.1, -0.05) is 0 Å². The normalized spacial score (nSPS) is 9.20. The van der Waals surface area contributed by atoms with Gasteiger partial charge in [-0.3, -0.25) is 0 Å². The second-order valence-electron chi connectivity index (χ2n) is 1.75. The van der Waals surface area contributed by atoms with Gasteiger partial charge in [0.1, 0.15) is 5.52 Å². The van der Waals surface area contributed by atoms with E-state index in [0.717, 1.165) is 5.52 Å². The highest BCUT2D eigenvalue weighted by Crippen LogP contribution is 2.12. The molecule has 0 aliphatic heterocycles. The van der Waals surface area contributed by atoms with E-state index >= 15 is 0 Å². The summed E-state index contributed by atoms with van der Waals surface area (Å²) >= 11 is 1.66. The Labute approximate surface area is 79.3 Å². The molecule has 0 saturated heterocycles. The molecule has 2 rings (SSSR count). The summed E-state index contributed by atoms with van der Waals surface area (Å²) in [6, 6.07) is 2.02. The maximum Gasteiger partial charge on any atom is 0.194 e. The average molecular weight is 264 g/mol. The van der Waals surface area contributed by atoms with Gasteiger partial charge in [-0.05, 0) is 0 Å². The van der Waals surface area contributed by atoms with Crippen LogP contribution < -0.4 is 29.0 Å². The fraction of sp³-hybridized carbons (Fsp3) is 0. The first-order valence-corrected chi connectivity index (χ1v) is 3.54. The van der Waals surface area contributed by atoms with Crippen LogP contribution in [0.15, 0.2) is 24.0 Å². The second kappa shape index (κ2) is 3.25. The molecule has 0 aliphatic rings. The van der Waals surface area contributed by atoms with Gasteiger partial charge in [0.2, 0.25) is 0 Å². The Bertz CT molecular complexity index is 290. The minimum absolute atomic E-state index is 0. The quantitative estimate of drug-likeness (QED) is 0.511. The molecule has 0 bridgehead atoms. The fourth-order valence-corrected chi connectivity index (χ4v) is 1.41. The summed E-state index contributed by atoms with van der Waals surface area (Å²) in [5, 5.41) is 0. The van der Waals surface area contributed by atoms with Gasteiger partial charge < -0.3 is 24.0 Å². The van der Waals surface area contributed by atoms with Crippen LogP contribution in [-0.2, 0) is 0 Å². The lowest BCUT2D eigenvalue weighted by atomic mass is 10.5. The van der Waals surface area contributed by atoms with Crippen LogP contribution in [0, 0.1) is 0 Å². The highest BCUT2D eigenvalue weighted by molar-refractivity contribution is 7.16. The third kappa shape index (κ3) is 1.27. The molecule has 0 aromatic carbocycles. The number of nitrogens with one attached hydrogen (secondary N) is 1. The molecule has 0 saturated carbocycles. The lowest BCUT2D eigenvalue weighted by molar-refractivity contribution is -0.376. The number of aromatic nitrogens is 2. The van der Waals surface area contributed by atoms with Gasteiger partial charge in [0.25, 0.3) is 0 Å². The molecule has 0 radical (unpaired) electrons. The van der Waals surface area contributed by atoms with Gasteiger partial charge in [0.15, 0.2) is 12.4 Å². The molecular formula is C6H5IN2S. The molecule has 2 aromatic rings. The lowest BCUT2D eigenvalue weighted by Crippen LogP contribution is -3.00. The summed E-state index contributed by atoms with van der Waals surface area (Å²) in [6.45, 7) is 0. The van der Waals surface area contributed by atoms with Crippen LogP contribution >= 0.6 is 11.3 Å². The largest absolute Gasteiger partial charge is 1.00 e. The Morgan fingerprint density at radius 2 is 2.40 bits per heavy atom. The number of aromatic amines is 1. The molecule has 2 heterocycles. The molecule has 0 amide bonds. The minimum Gasteiger partial charge on any atom is -1.00 e. The average Bonchev–Trinajstić information content (AvgIpc) is 2.33. The second-order valence-corrected chi connectivity index (χ2v) is 2.63. The molecule has 0 fully saturated rings. The van der Waals surface area contributed by atoms with E-state index in [1.165, 1.54) is 4.70 Å². The number of hydrogen-bond donors (Lipinski definition) is 0. The monoisotopic (exact) mass is 264 g/mol.